The number of hydrogen-bond acceptors (Lipinski definition) is 2. The Morgan fingerprint density at radius 1 is 1.28 bits per heavy atom. The summed E-state index contributed by atoms with van der Waals surface area (Å²) >= 11 is 0. The molecule has 94 valence electrons. The van der Waals surface area contributed by atoms with E-state index in [-0.39, 0.29) is 12.6 Å². The molecule has 0 saturated carbocycles. The molecule has 0 aliphatic rings. The summed E-state index contributed by atoms with van der Waals surface area (Å²) in [5.74, 6) is -0.829. The summed E-state index contributed by atoms with van der Waals surface area (Å²) in [5, 5.41) is 3.14. The fraction of sp³-hybridized carbons (Fsp3) is 0.214. The van der Waals surface area contributed by atoms with Gasteiger partial charge in [-0.05, 0) is 36.8 Å². The zero-order chi connectivity index (χ0) is 13.0. The van der Waals surface area contributed by atoms with Crippen molar-refractivity contribution < 1.29 is 8.78 Å². The van der Waals surface area contributed by atoms with E-state index in [1.54, 1.807) is 12.4 Å². The fourth-order valence-corrected chi connectivity index (χ4v) is 1.69. The summed E-state index contributed by atoms with van der Waals surface area (Å²) < 4.78 is 26.4. The van der Waals surface area contributed by atoms with Gasteiger partial charge in [0.25, 0.3) is 0 Å². The number of nitrogens with one attached hydrogen (secondary N) is 1. The summed E-state index contributed by atoms with van der Waals surface area (Å²) in [6.07, 6.45) is 3.45. The molecule has 2 rings (SSSR count). The van der Waals surface area contributed by atoms with E-state index in [1.807, 2.05) is 19.1 Å². The van der Waals surface area contributed by atoms with Crippen molar-refractivity contribution in [1.29, 1.82) is 0 Å². The predicted molar refractivity (Wildman–Crippen MR) is 65.8 cm³/mol. The normalized spacial score (nSPS) is 12.4. The lowest BCUT2D eigenvalue weighted by Gasteiger charge is -2.14. The number of rotatable bonds is 4. The van der Waals surface area contributed by atoms with Gasteiger partial charge >= 0.3 is 0 Å². The monoisotopic (exact) mass is 248 g/mol. The SMILES string of the molecule is C[C@H](NCc1cc(F)ccc1F)c1cccnc1. The standard InChI is InChI=1S/C14H14F2N2/c1-10(11-3-2-6-17-8-11)18-9-12-7-13(15)4-5-14(12)16/h2-8,10,18H,9H2,1H3/t10-/m0/s1. The maximum Gasteiger partial charge on any atom is 0.127 e. The fourth-order valence-electron chi connectivity index (χ4n) is 1.69. The van der Waals surface area contributed by atoms with Crippen LogP contribution in [-0.2, 0) is 6.54 Å². The molecule has 1 aromatic heterocycles. The Morgan fingerprint density at radius 2 is 2.11 bits per heavy atom. The summed E-state index contributed by atoms with van der Waals surface area (Å²) in [6.45, 7) is 2.23. The zero-order valence-electron chi connectivity index (χ0n) is 10.0. The number of aromatic nitrogens is 1. The Bertz CT molecular complexity index is 514. The molecule has 1 heterocycles. The van der Waals surface area contributed by atoms with Gasteiger partial charge in [0.05, 0.1) is 0 Å². The highest BCUT2D eigenvalue weighted by Crippen LogP contribution is 2.13. The van der Waals surface area contributed by atoms with Crippen molar-refractivity contribution in [2.45, 2.75) is 19.5 Å². The van der Waals surface area contributed by atoms with E-state index in [4.69, 9.17) is 0 Å². The van der Waals surface area contributed by atoms with E-state index >= 15 is 0 Å². The minimum absolute atomic E-state index is 0.0290. The van der Waals surface area contributed by atoms with Crippen LogP contribution in [0.25, 0.3) is 0 Å². The molecule has 0 amide bonds. The van der Waals surface area contributed by atoms with Gasteiger partial charge in [0.15, 0.2) is 0 Å². The van der Waals surface area contributed by atoms with E-state index in [1.165, 1.54) is 6.07 Å². The van der Waals surface area contributed by atoms with Crippen LogP contribution in [0, 0.1) is 11.6 Å². The first-order valence-corrected chi connectivity index (χ1v) is 5.74. The van der Waals surface area contributed by atoms with Crippen LogP contribution >= 0.6 is 0 Å². The Hall–Kier alpha value is -1.81. The number of nitrogens with zero attached hydrogens (tertiary/aromatic N) is 1. The number of pyridine rings is 1. The van der Waals surface area contributed by atoms with Crippen LogP contribution in [0.3, 0.4) is 0 Å². The lowest BCUT2D eigenvalue weighted by molar-refractivity contribution is 0.535. The molecule has 1 atom stereocenters. The smallest absolute Gasteiger partial charge is 0.127 e. The molecule has 1 aromatic carbocycles. The van der Waals surface area contributed by atoms with Gasteiger partial charge in [0.1, 0.15) is 11.6 Å². The average molecular weight is 248 g/mol. The van der Waals surface area contributed by atoms with Crippen molar-refractivity contribution in [2.75, 3.05) is 0 Å². The van der Waals surface area contributed by atoms with E-state index in [0.717, 1.165) is 17.7 Å². The van der Waals surface area contributed by atoms with Crippen molar-refractivity contribution in [2.24, 2.45) is 0 Å². The minimum Gasteiger partial charge on any atom is -0.306 e. The second-order valence-electron chi connectivity index (χ2n) is 4.12. The molecule has 0 saturated heterocycles. The lowest BCUT2D eigenvalue weighted by atomic mass is 10.1. The van der Waals surface area contributed by atoms with Gasteiger partial charge in [-0.15, -0.1) is 0 Å². The Kier molecular flexibility index (Phi) is 3.99. The topological polar surface area (TPSA) is 24.9 Å². The first-order chi connectivity index (χ1) is 8.66. The van der Waals surface area contributed by atoms with Crippen molar-refractivity contribution >= 4 is 0 Å². The predicted octanol–water partition coefficient (Wildman–Crippen LogP) is 3.21. The minimum atomic E-state index is -0.428. The number of halogens is 2. The van der Waals surface area contributed by atoms with E-state index in [9.17, 15) is 8.78 Å². The summed E-state index contributed by atoms with van der Waals surface area (Å²) in [4.78, 5) is 4.02. The van der Waals surface area contributed by atoms with Crippen molar-refractivity contribution in [3.05, 3.63) is 65.5 Å². The second-order valence-corrected chi connectivity index (χ2v) is 4.12. The first-order valence-electron chi connectivity index (χ1n) is 5.74. The maximum atomic E-state index is 13.4. The van der Waals surface area contributed by atoms with Gasteiger partial charge in [0, 0.05) is 30.5 Å². The van der Waals surface area contributed by atoms with Crippen LogP contribution in [0.4, 0.5) is 8.78 Å². The second kappa shape index (κ2) is 5.69. The van der Waals surface area contributed by atoms with E-state index in [2.05, 4.69) is 10.3 Å². The largest absolute Gasteiger partial charge is 0.306 e. The summed E-state index contributed by atoms with van der Waals surface area (Å²) in [6, 6.07) is 7.27. The summed E-state index contributed by atoms with van der Waals surface area (Å²) in [5.41, 5.74) is 1.33. The molecule has 0 spiro atoms. The van der Waals surface area contributed by atoms with Crippen LogP contribution in [-0.4, -0.2) is 4.98 Å². The number of benzene rings is 1. The molecule has 1 N–H and O–H groups in total. The molecule has 0 aliphatic carbocycles. The third kappa shape index (κ3) is 3.11. The van der Waals surface area contributed by atoms with Gasteiger partial charge in [-0.25, -0.2) is 8.78 Å². The van der Waals surface area contributed by atoms with Crippen LogP contribution in [0.5, 0.6) is 0 Å². The Balaban J connectivity index is 2.01. The van der Waals surface area contributed by atoms with Crippen LogP contribution < -0.4 is 5.32 Å². The molecule has 0 unspecified atom stereocenters. The third-order valence-corrected chi connectivity index (χ3v) is 2.79. The molecule has 18 heavy (non-hydrogen) atoms. The van der Waals surface area contributed by atoms with Crippen LogP contribution in [0.1, 0.15) is 24.1 Å². The van der Waals surface area contributed by atoms with Gasteiger partial charge in [-0.2, -0.15) is 0 Å². The van der Waals surface area contributed by atoms with Gasteiger partial charge in [0.2, 0.25) is 0 Å². The molecule has 4 heteroatoms. The van der Waals surface area contributed by atoms with Crippen LogP contribution in [0.2, 0.25) is 0 Å². The quantitative estimate of drug-likeness (QED) is 0.898. The maximum absolute atomic E-state index is 13.4. The molecular formula is C14H14F2N2. The summed E-state index contributed by atoms with van der Waals surface area (Å²) in [7, 11) is 0. The molecule has 2 nitrogen and oxygen atoms in total. The Morgan fingerprint density at radius 3 is 2.83 bits per heavy atom. The molecule has 0 aliphatic heterocycles. The van der Waals surface area contributed by atoms with E-state index < -0.39 is 11.6 Å². The average Bonchev–Trinajstić information content (AvgIpc) is 2.40. The highest BCUT2D eigenvalue weighted by Gasteiger charge is 2.07. The molecule has 0 bridgehead atoms. The van der Waals surface area contributed by atoms with Gasteiger partial charge in [-0.3, -0.25) is 4.98 Å². The first kappa shape index (κ1) is 12.6. The van der Waals surface area contributed by atoms with Crippen molar-refractivity contribution in [3.63, 3.8) is 0 Å². The highest BCUT2D eigenvalue weighted by molar-refractivity contribution is 5.19. The van der Waals surface area contributed by atoms with Crippen LogP contribution in [0.15, 0.2) is 42.7 Å². The molecule has 2 aromatic rings. The molecule has 0 radical (unpaired) electrons. The zero-order valence-corrected chi connectivity index (χ0v) is 10.0. The van der Waals surface area contributed by atoms with Gasteiger partial charge in [-0.1, -0.05) is 6.07 Å². The Labute approximate surface area is 105 Å². The molecular weight excluding hydrogens is 234 g/mol. The van der Waals surface area contributed by atoms with E-state index in [0.29, 0.717) is 5.56 Å². The molecule has 0 fully saturated rings. The van der Waals surface area contributed by atoms with Gasteiger partial charge < -0.3 is 5.32 Å². The number of hydrogen-bond donors (Lipinski definition) is 1. The van der Waals surface area contributed by atoms with Crippen molar-refractivity contribution in [3.8, 4) is 0 Å². The highest BCUT2D eigenvalue weighted by atomic mass is 19.1. The third-order valence-electron chi connectivity index (χ3n) is 2.79. The van der Waals surface area contributed by atoms with Crippen molar-refractivity contribution in [1.82, 2.24) is 10.3 Å². The lowest BCUT2D eigenvalue weighted by Crippen LogP contribution is -2.19.